The molecule has 1 N–H and O–H groups in total. The standard InChI is InChI=1S/C23H34NO8P/c1-22(2,3)21(25)30-15-31-33(26,27)32-17-9-10-23(11-12-24(4)20(23)14-17)16-7-8-18(28-5)19(13-16)29-6/h7-8,13-14,20H,9-12,15H2,1-6H3,(H,26,27). The van der Waals surface area contributed by atoms with Gasteiger partial charge < -0.3 is 18.7 Å². The number of carbonyl (C=O) groups is 1. The van der Waals surface area contributed by atoms with E-state index >= 15 is 0 Å². The summed E-state index contributed by atoms with van der Waals surface area (Å²) >= 11 is 0. The van der Waals surface area contributed by atoms with Gasteiger partial charge in [0.1, 0.15) is 5.76 Å². The van der Waals surface area contributed by atoms with Crippen LogP contribution in [-0.4, -0.2) is 56.4 Å². The van der Waals surface area contributed by atoms with Gasteiger partial charge in [-0.15, -0.1) is 0 Å². The van der Waals surface area contributed by atoms with Crippen molar-refractivity contribution in [2.24, 2.45) is 5.41 Å². The van der Waals surface area contributed by atoms with Crippen molar-refractivity contribution in [3.05, 3.63) is 35.6 Å². The minimum Gasteiger partial charge on any atom is -0.493 e. The summed E-state index contributed by atoms with van der Waals surface area (Å²) in [6, 6.07) is 5.94. The first-order chi connectivity index (χ1) is 15.4. The van der Waals surface area contributed by atoms with E-state index in [1.807, 2.05) is 25.3 Å². The molecule has 0 bridgehead atoms. The highest BCUT2D eigenvalue weighted by Crippen LogP contribution is 2.53. The van der Waals surface area contributed by atoms with E-state index in [4.69, 9.17) is 23.3 Å². The zero-order valence-corrected chi connectivity index (χ0v) is 21.0. The molecule has 3 unspecified atom stereocenters. The maximum atomic E-state index is 12.4. The molecule has 1 aliphatic heterocycles. The second-order valence-electron chi connectivity index (χ2n) is 9.52. The number of phosphoric acid groups is 1. The quantitative estimate of drug-likeness (QED) is 0.334. The van der Waals surface area contributed by atoms with Gasteiger partial charge >= 0.3 is 13.8 Å². The fourth-order valence-electron chi connectivity index (χ4n) is 4.47. The van der Waals surface area contributed by atoms with Gasteiger partial charge in [-0.2, -0.15) is 0 Å². The Morgan fingerprint density at radius 2 is 1.91 bits per heavy atom. The van der Waals surface area contributed by atoms with Gasteiger partial charge in [-0.3, -0.25) is 14.6 Å². The minimum atomic E-state index is -4.44. The van der Waals surface area contributed by atoms with Crippen LogP contribution in [0.2, 0.25) is 0 Å². The van der Waals surface area contributed by atoms with E-state index in [9.17, 15) is 14.3 Å². The number of allylic oxidation sites excluding steroid dienone is 1. The van der Waals surface area contributed by atoms with Gasteiger partial charge in [-0.05, 0) is 71.0 Å². The molecule has 1 aliphatic carbocycles. The summed E-state index contributed by atoms with van der Waals surface area (Å²) in [7, 11) is 0.796. The molecule has 1 aromatic rings. The smallest absolute Gasteiger partial charge is 0.493 e. The highest BCUT2D eigenvalue weighted by molar-refractivity contribution is 7.47. The lowest BCUT2D eigenvalue weighted by molar-refractivity contribution is -0.160. The Balaban J connectivity index is 1.75. The Bertz CT molecular complexity index is 956. The lowest BCUT2D eigenvalue weighted by Crippen LogP contribution is -2.42. The fourth-order valence-corrected chi connectivity index (χ4v) is 5.16. The third-order valence-electron chi connectivity index (χ3n) is 6.32. The van der Waals surface area contributed by atoms with E-state index in [2.05, 4.69) is 11.0 Å². The molecule has 3 rings (SSSR count). The summed E-state index contributed by atoms with van der Waals surface area (Å²) in [5.41, 5.74) is 0.210. The normalized spacial score (nSPS) is 24.9. The highest BCUT2D eigenvalue weighted by atomic mass is 31.2. The van der Waals surface area contributed by atoms with Crippen molar-refractivity contribution >= 4 is 13.8 Å². The third-order valence-corrected chi connectivity index (χ3v) is 7.22. The largest absolute Gasteiger partial charge is 0.530 e. The first-order valence-corrected chi connectivity index (χ1v) is 12.4. The molecule has 9 nitrogen and oxygen atoms in total. The van der Waals surface area contributed by atoms with Crippen LogP contribution in [0.15, 0.2) is 30.0 Å². The number of benzene rings is 1. The van der Waals surface area contributed by atoms with E-state index in [0.717, 1.165) is 24.9 Å². The van der Waals surface area contributed by atoms with Crippen LogP contribution in [0.5, 0.6) is 11.5 Å². The molecule has 3 atom stereocenters. The van der Waals surface area contributed by atoms with Crippen LogP contribution in [0.25, 0.3) is 0 Å². The number of esters is 1. The predicted molar refractivity (Wildman–Crippen MR) is 122 cm³/mol. The summed E-state index contributed by atoms with van der Waals surface area (Å²) in [6.07, 6.45) is 4.01. The molecule has 1 saturated heterocycles. The molecule has 0 amide bonds. The van der Waals surface area contributed by atoms with Gasteiger partial charge in [0.25, 0.3) is 0 Å². The molecule has 2 aliphatic rings. The average molecular weight is 483 g/mol. The number of carbonyl (C=O) groups excluding carboxylic acids is 1. The lowest BCUT2D eigenvalue weighted by atomic mass is 9.68. The molecule has 1 aromatic carbocycles. The average Bonchev–Trinajstić information content (AvgIpc) is 3.09. The van der Waals surface area contributed by atoms with Gasteiger partial charge in [0.2, 0.25) is 6.79 Å². The summed E-state index contributed by atoms with van der Waals surface area (Å²) in [5, 5.41) is 0. The molecule has 1 fully saturated rings. The molecule has 0 saturated carbocycles. The van der Waals surface area contributed by atoms with Crippen LogP contribution in [0.4, 0.5) is 0 Å². The molecule has 33 heavy (non-hydrogen) atoms. The van der Waals surface area contributed by atoms with E-state index in [-0.39, 0.29) is 11.5 Å². The van der Waals surface area contributed by atoms with Crippen LogP contribution in [-0.2, 0) is 28.6 Å². The molecule has 1 heterocycles. The Kier molecular flexibility index (Phi) is 7.49. The minimum absolute atomic E-state index is 0.0296. The second kappa shape index (κ2) is 9.66. The van der Waals surface area contributed by atoms with Gasteiger partial charge in [-0.25, -0.2) is 9.09 Å². The number of nitrogens with zero attached hydrogens (tertiary/aromatic N) is 1. The number of likely N-dealkylation sites (N-methyl/N-ethyl adjacent to an activating group) is 1. The maximum absolute atomic E-state index is 12.4. The summed E-state index contributed by atoms with van der Waals surface area (Å²) in [5.74, 6) is 1.19. The molecule has 0 aromatic heterocycles. The number of likely N-dealkylation sites (tertiary alicyclic amines) is 1. The third kappa shape index (κ3) is 5.54. The highest BCUT2D eigenvalue weighted by Gasteiger charge is 2.49. The zero-order valence-electron chi connectivity index (χ0n) is 20.1. The number of hydrogen-bond acceptors (Lipinski definition) is 8. The number of fused-ring (bicyclic) bond motifs is 1. The van der Waals surface area contributed by atoms with E-state index < -0.39 is 26.0 Å². The predicted octanol–water partition coefficient (Wildman–Crippen LogP) is 4.00. The topological polar surface area (TPSA) is 104 Å². The van der Waals surface area contributed by atoms with Crippen LogP contribution >= 0.6 is 7.82 Å². The van der Waals surface area contributed by atoms with Crippen LogP contribution in [0.1, 0.15) is 45.6 Å². The monoisotopic (exact) mass is 483 g/mol. The van der Waals surface area contributed by atoms with E-state index in [1.54, 1.807) is 35.0 Å². The SMILES string of the molecule is COc1ccc(C23CCC(OP(=O)(O)OCOC(=O)C(C)(C)C)=CC2N(C)CC3)cc1OC. The second-order valence-corrected chi connectivity index (χ2v) is 10.9. The van der Waals surface area contributed by atoms with Crippen molar-refractivity contribution in [3.8, 4) is 11.5 Å². The maximum Gasteiger partial charge on any atom is 0.530 e. The van der Waals surface area contributed by atoms with Gasteiger partial charge in [0, 0.05) is 17.9 Å². The first kappa shape index (κ1) is 25.6. The van der Waals surface area contributed by atoms with Crippen LogP contribution < -0.4 is 9.47 Å². The van der Waals surface area contributed by atoms with Crippen LogP contribution in [0, 0.1) is 5.41 Å². The molecule has 184 valence electrons. The summed E-state index contributed by atoms with van der Waals surface area (Å²) < 4.78 is 38.4. The Morgan fingerprint density at radius 3 is 2.55 bits per heavy atom. The molecule has 0 spiro atoms. The van der Waals surface area contributed by atoms with Gasteiger partial charge in [0.15, 0.2) is 11.5 Å². The number of methoxy groups -OCH3 is 2. The zero-order chi connectivity index (χ0) is 24.4. The lowest BCUT2D eigenvalue weighted by Gasteiger charge is -2.40. The number of hydrogen-bond donors (Lipinski definition) is 1. The van der Waals surface area contributed by atoms with E-state index in [1.165, 1.54) is 0 Å². The first-order valence-electron chi connectivity index (χ1n) is 10.9. The molecule has 0 radical (unpaired) electrons. The number of rotatable bonds is 8. The van der Waals surface area contributed by atoms with Crippen molar-refractivity contribution in [1.82, 2.24) is 4.90 Å². The number of phosphoric ester groups is 1. The molecular formula is C23H34NO8P. The Hall–Kier alpha value is -2.06. The Morgan fingerprint density at radius 1 is 1.21 bits per heavy atom. The van der Waals surface area contributed by atoms with Crippen molar-refractivity contribution in [3.63, 3.8) is 0 Å². The fraction of sp³-hybridized carbons (Fsp3) is 0.609. The van der Waals surface area contributed by atoms with Crippen LogP contribution in [0.3, 0.4) is 0 Å². The number of ether oxygens (including phenoxy) is 3. The molecule has 10 heteroatoms. The Labute approximate surface area is 195 Å². The molecular weight excluding hydrogens is 449 g/mol. The van der Waals surface area contributed by atoms with Crippen molar-refractivity contribution in [2.75, 3.05) is 34.6 Å². The van der Waals surface area contributed by atoms with E-state index in [0.29, 0.717) is 23.7 Å². The summed E-state index contributed by atoms with van der Waals surface area (Å²) in [6.45, 7) is 5.26. The van der Waals surface area contributed by atoms with Crippen molar-refractivity contribution < 1.29 is 37.5 Å². The van der Waals surface area contributed by atoms with Gasteiger partial charge in [-0.1, -0.05) is 6.07 Å². The van der Waals surface area contributed by atoms with Crippen molar-refractivity contribution in [1.29, 1.82) is 0 Å². The summed E-state index contributed by atoms with van der Waals surface area (Å²) in [4.78, 5) is 24.1. The van der Waals surface area contributed by atoms with Gasteiger partial charge in [0.05, 0.1) is 19.6 Å². The van der Waals surface area contributed by atoms with Crippen molar-refractivity contribution in [2.45, 2.75) is 51.5 Å².